The van der Waals surface area contributed by atoms with Crippen molar-refractivity contribution < 1.29 is 14.4 Å². The van der Waals surface area contributed by atoms with Crippen LogP contribution in [0.5, 0.6) is 5.75 Å². The Hall–Kier alpha value is -2.64. The lowest BCUT2D eigenvalue weighted by Crippen LogP contribution is -2.50. The summed E-state index contributed by atoms with van der Waals surface area (Å²) in [5.74, 6) is 0.618. The Bertz CT molecular complexity index is 814. The maximum absolute atomic E-state index is 11.5. The second-order valence-electron chi connectivity index (χ2n) is 6.95. The topological polar surface area (TPSA) is 68.1 Å². The van der Waals surface area contributed by atoms with E-state index in [0.29, 0.717) is 31.1 Å². The highest BCUT2D eigenvalue weighted by Gasteiger charge is 2.41. The van der Waals surface area contributed by atoms with Crippen molar-refractivity contribution >= 4 is 11.4 Å². The highest BCUT2D eigenvalue weighted by atomic mass is 16.6. The molecule has 2 heterocycles. The van der Waals surface area contributed by atoms with Crippen molar-refractivity contribution in [1.82, 2.24) is 4.90 Å². The summed E-state index contributed by atoms with van der Waals surface area (Å²) in [7, 11) is 1.57. The normalized spacial score (nSPS) is 22.5. The molecule has 0 amide bonds. The molecule has 0 radical (unpaired) electrons. The zero-order chi connectivity index (χ0) is 18.8. The van der Waals surface area contributed by atoms with Crippen LogP contribution in [-0.2, 0) is 11.3 Å². The average Bonchev–Trinajstić information content (AvgIpc) is 3.13. The molecule has 2 aliphatic rings. The second-order valence-corrected chi connectivity index (χ2v) is 6.95. The first kappa shape index (κ1) is 17.8. The fraction of sp³-hybridized carbons (Fsp3) is 0.400. The molecule has 2 saturated heterocycles. The molecule has 142 valence electrons. The zero-order valence-corrected chi connectivity index (χ0v) is 15.3. The van der Waals surface area contributed by atoms with Gasteiger partial charge in [0.05, 0.1) is 30.8 Å². The minimum absolute atomic E-state index is 0.0493. The smallest absolute Gasteiger partial charge is 0.292 e. The van der Waals surface area contributed by atoms with E-state index in [1.807, 2.05) is 18.2 Å². The van der Waals surface area contributed by atoms with Crippen molar-refractivity contribution in [1.29, 1.82) is 0 Å². The molecule has 0 N–H and O–H groups in total. The fourth-order valence-electron chi connectivity index (χ4n) is 4.01. The van der Waals surface area contributed by atoms with Gasteiger partial charge in [0.1, 0.15) is 11.4 Å². The Morgan fingerprint density at radius 2 is 2.04 bits per heavy atom. The number of anilines is 1. The van der Waals surface area contributed by atoms with Crippen molar-refractivity contribution in [2.45, 2.75) is 18.7 Å². The maximum atomic E-state index is 11.5. The third-order valence-corrected chi connectivity index (χ3v) is 5.36. The van der Waals surface area contributed by atoms with Crippen LogP contribution in [0.3, 0.4) is 0 Å². The summed E-state index contributed by atoms with van der Waals surface area (Å²) in [5, 5.41) is 11.5. The Morgan fingerprint density at radius 3 is 2.78 bits per heavy atom. The molecule has 0 spiro atoms. The van der Waals surface area contributed by atoms with Gasteiger partial charge in [-0.05, 0) is 11.6 Å². The molecule has 0 aromatic heterocycles. The predicted molar refractivity (Wildman–Crippen MR) is 102 cm³/mol. The van der Waals surface area contributed by atoms with Gasteiger partial charge in [-0.25, -0.2) is 0 Å². The van der Waals surface area contributed by atoms with Gasteiger partial charge in [0.2, 0.25) is 0 Å². The Kier molecular flexibility index (Phi) is 4.96. The van der Waals surface area contributed by atoms with Crippen molar-refractivity contribution in [2.75, 3.05) is 38.3 Å². The number of hydrogen-bond acceptors (Lipinski definition) is 6. The third-order valence-electron chi connectivity index (χ3n) is 5.36. The van der Waals surface area contributed by atoms with Gasteiger partial charge in [0.25, 0.3) is 5.69 Å². The monoisotopic (exact) mass is 369 g/mol. The number of hydrogen-bond donors (Lipinski definition) is 0. The maximum Gasteiger partial charge on any atom is 0.292 e. The van der Waals surface area contributed by atoms with Crippen molar-refractivity contribution in [2.24, 2.45) is 0 Å². The first-order chi connectivity index (χ1) is 13.2. The molecule has 0 bridgehead atoms. The third kappa shape index (κ3) is 3.61. The lowest BCUT2D eigenvalue weighted by atomic mass is 10.1. The Morgan fingerprint density at radius 1 is 1.22 bits per heavy atom. The molecule has 2 aliphatic heterocycles. The number of morpholine rings is 1. The van der Waals surface area contributed by atoms with E-state index >= 15 is 0 Å². The number of benzene rings is 2. The average molecular weight is 369 g/mol. The quantitative estimate of drug-likeness (QED) is 0.596. The Labute approximate surface area is 158 Å². The highest BCUT2D eigenvalue weighted by molar-refractivity contribution is 5.66. The van der Waals surface area contributed by atoms with E-state index in [1.165, 1.54) is 11.6 Å². The molecule has 0 aliphatic carbocycles. The van der Waals surface area contributed by atoms with Gasteiger partial charge in [0, 0.05) is 38.3 Å². The van der Waals surface area contributed by atoms with Gasteiger partial charge in [-0.3, -0.25) is 15.0 Å². The van der Waals surface area contributed by atoms with Gasteiger partial charge < -0.3 is 14.4 Å². The summed E-state index contributed by atoms with van der Waals surface area (Å²) in [6.45, 7) is 3.75. The van der Waals surface area contributed by atoms with Crippen LogP contribution in [0.1, 0.15) is 5.56 Å². The van der Waals surface area contributed by atoms with Gasteiger partial charge >= 0.3 is 0 Å². The largest absolute Gasteiger partial charge is 0.497 e. The molecule has 0 unspecified atom stereocenters. The van der Waals surface area contributed by atoms with Gasteiger partial charge in [-0.2, -0.15) is 0 Å². The fourth-order valence-corrected chi connectivity index (χ4v) is 4.01. The number of fused-ring (bicyclic) bond motifs is 1. The van der Waals surface area contributed by atoms with Crippen LogP contribution in [0.2, 0.25) is 0 Å². The molecule has 0 saturated carbocycles. The van der Waals surface area contributed by atoms with Crippen LogP contribution >= 0.6 is 0 Å². The second kappa shape index (κ2) is 7.54. The molecule has 7 nitrogen and oxygen atoms in total. The Balaban J connectivity index is 1.57. The summed E-state index contributed by atoms with van der Waals surface area (Å²) < 4.78 is 11.3. The van der Waals surface area contributed by atoms with Gasteiger partial charge in [0.15, 0.2) is 0 Å². The van der Waals surface area contributed by atoms with Crippen molar-refractivity contribution in [3.8, 4) is 5.75 Å². The van der Waals surface area contributed by atoms with Crippen molar-refractivity contribution in [3.05, 3.63) is 64.2 Å². The van der Waals surface area contributed by atoms with E-state index in [2.05, 4.69) is 21.9 Å². The highest BCUT2D eigenvalue weighted by Crippen LogP contribution is 2.36. The molecular weight excluding hydrogens is 346 g/mol. The van der Waals surface area contributed by atoms with E-state index in [4.69, 9.17) is 9.47 Å². The molecule has 27 heavy (non-hydrogen) atoms. The number of nitro benzene ring substituents is 1. The molecule has 2 fully saturated rings. The lowest BCUT2D eigenvalue weighted by molar-refractivity contribution is -0.384. The van der Waals surface area contributed by atoms with E-state index < -0.39 is 0 Å². The SMILES string of the molecule is COc1ccc([N+](=O)[O-])c(N2C[C@@H]3OCCN(Cc4ccccc4)[C@@H]3C2)c1. The molecule has 4 rings (SSSR count). The molecule has 7 heteroatoms. The number of ether oxygens (including phenoxy) is 2. The molecule has 2 atom stereocenters. The van der Waals surface area contributed by atoms with E-state index in [1.54, 1.807) is 19.2 Å². The first-order valence-electron chi connectivity index (χ1n) is 9.12. The predicted octanol–water partition coefficient (Wildman–Crippen LogP) is 2.69. The van der Waals surface area contributed by atoms with E-state index in [9.17, 15) is 10.1 Å². The van der Waals surface area contributed by atoms with Crippen LogP contribution < -0.4 is 9.64 Å². The number of methoxy groups -OCH3 is 1. The first-order valence-corrected chi connectivity index (χ1v) is 9.12. The van der Waals surface area contributed by atoms with Gasteiger partial charge in [-0.15, -0.1) is 0 Å². The van der Waals surface area contributed by atoms with E-state index in [-0.39, 0.29) is 22.8 Å². The zero-order valence-electron chi connectivity index (χ0n) is 15.3. The summed E-state index contributed by atoms with van der Waals surface area (Å²) in [5.41, 5.74) is 1.96. The van der Waals surface area contributed by atoms with E-state index in [0.717, 1.165) is 13.1 Å². The summed E-state index contributed by atoms with van der Waals surface area (Å²) in [6.07, 6.45) is 0.0493. The number of nitrogens with zero attached hydrogens (tertiary/aromatic N) is 3. The molecular formula is C20H23N3O4. The van der Waals surface area contributed by atoms with Crippen LogP contribution in [-0.4, -0.2) is 55.3 Å². The van der Waals surface area contributed by atoms with Crippen molar-refractivity contribution in [3.63, 3.8) is 0 Å². The van der Waals surface area contributed by atoms with Crippen LogP contribution in [0.25, 0.3) is 0 Å². The number of nitro groups is 1. The summed E-state index contributed by atoms with van der Waals surface area (Å²) in [6, 6.07) is 15.5. The standard InChI is InChI=1S/C20H23N3O4/c1-26-16-7-8-17(23(24)25)18(11-16)22-13-19-20(14-22)27-10-9-21(19)12-15-5-3-2-4-6-15/h2-8,11,19-20H,9-10,12-14H2,1H3/t19-,20+/m1/s1. The minimum Gasteiger partial charge on any atom is -0.497 e. The van der Waals surface area contributed by atoms with Crippen LogP contribution in [0.4, 0.5) is 11.4 Å². The lowest BCUT2D eigenvalue weighted by Gasteiger charge is -2.36. The molecule has 2 aromatic rings. The van der Waals surface area contributed by atoms with Crippen LogP contribution in [0.15, 0.2) is 48.5 Å². The molecule has 2 aromatic carbocycles. The minimum atomic E-state index is -0.334. The summed E-state index contributed by atoms with van der Waals surface area (Å²) in [4.78, 5) is 15.6. The van der Waals surface area contributed by atoms with Gasteiger partial charge in [-0.1, -0.05) is 30.3 Å². The summed E-state index contributed by atoms with van der Waals surface area (Å²) >= 11 is 0. The van der Waals surface area contributed by atoms with Crippen LogP contribution in [0, 0.1) is 10.1 Å². The number of rotatable bonds is 5.